The molecule has 1 aliphatic heterocycles. The molecule has 1 aliphatic carbocycles. The number of rotatable bonds is 3. The first-order valence-corrected chi connectivity index (χ1v) is 5.63. The highest BCUT2D eigenvalue weighted by Gasteiger charge is 2.59. The fourth-order valence-corrected chi connectivity index (χ4v) is 3.00. The van der Waals surface area contributed by atoms with E-state index in [0.717, 1.165) is 13.0 Å². The summed E-state index contributed by atoms with van der Waals surface area (Å²) < 4.78 is 5.67. The molecule has 0 aromatic heterocycles. The Bertz CT molecular complexity index is 265. The Morgan fingerprint density at radius 2 is 2.27 bits per heavy atom. The van der Waals surface area contributed by atoms with E-state index in [1.54, 1.807) is 7.05 Å². The lowest BCUT2D eigenvalue weighted by atomic mass is 9.57. The van der Waals surface area contributed by atoms with Gasteiger partial charge < -0.3 is 15.4 Å². The van der Waals surface area contributed by atoms with Crippen LogP contribution in [0.2, 0.25) is 0 Å². The summed E-state index contributed by atoms with van der Waals surface area (Å²) in [5.74, 6) is 0.613. The summed E-state index contributed by atoms with van der Waals surface area (Å²) in [6, 6.07) is 0.283. The predicted molar refractivity (Wildman–Crippen MR) is 57.5 cm³/mol. The van der Waals surface area contributed by atoms with Crippen molar-refractivity contribution in [3.63, 3.8) is 0 Å². The van der Waals surface area contributed by atoms with Crippen molar-refractivity contribution in [3.05, 3.63) is 0 Å². The summed E-state index contributed by atoms with van der Waals surface area (Å²) >= 11 is 0. The smallest absolute Gasteiger partial charge is 0.234 e. The molecule has 1 saturated heterocycles. The SMILES string of the molecule is CNCC(=O)NC1C2CCOC2C1(C)C. The third-order valence-electron chi connectivity index (χ3n) is 3.75. The van der Waals surface area contributed by atoms with Crippen molar-refractivity contribution in [1.82, 2.24) is 10.6 Å². The second-order valence-corrected chi connectivity index (χ2v) is 5.14. The first-order valence-electron chi connectivity index (χ1n) is 5.63. The van der Waals surface area contributed by atoms with Gasteiger partial charge in [-0.3, -0.25) is 4.79 Å². The Morgan fingerprint density at radius 3 is 2.93 bits per heavy atom. The average molecular weight is 212 g/mol. The van der Waals surface area contributed by atoms with Gasteiger partial charge in [0.1, 0.15) is 0 Å². The zero-order chi connectivity index (χ0) is 11.1. The molecule has 3 unspecified atom stereocenters. The minimum absolute atomic E-state index is 0.0842. The molecular weight excluding hydrogens is 192 g/mol. The molecule has 86 valence electrons. The summed E-state index contributed by atoms with van der Waals surface area (Å²) in [5, 5.41) is 5.96. The number of fused-ring (bicyclic) bond motifs is 1. The van der Waals surface area contributed by atoms with Crippen LogP contribution in [0.3, 0.4) is 0 Å². The fourth-order valence-electron chi connectivity index (χ4n) is 3.00. The summed E-state index contributed by atoms with van der Waals surface area (Å²) in [5.41, 5.74) is 0.0879. The molecule has 2 fully saturated rings. The van der Waals surface area contributed by atoms with Crippen LogP contribution in [0.15, 0.2) is 0 Å². The van der Waals surface area contributed by atoms with E-state index in [4.69, 9.17) is 4.74 Å². The van der Waals surface area contributed by atoms with Crippen LogP contribution in [0, 0.1) is 11.3 Å². The zero-order valence-corrected chi connectivity index (χ0v) is 9.67. The summed E-state index contributed by atoms with van der Waals surface area (Å²) in [7, 11) is 1.78. The average Bonchev–Trinajstić information content (AvgIpc) is 2.61. The number of likely N-dealkylation sites (N-methyl/N-ethyl adjacent to an activating group) is 1. The van der Waals surface area contributed by atoms with Crippen LogP contribution in [0.4, 0.5) is 0 Å². The van der Waals surface area contributed by atoms with E-state index in [-0.39, 0.29) is 17.4 Å². The van der Waals surface area contributed by atoms with Crippen LogP contribution in [-0.2, 0) is 9.53 Å². The monoisotopic (exact) mass is 212 g/mol. The normalized spacial score (nSPS) is 36.9. The number of hydrogen-bond donors (Lipinski definition) is 2. The van der Waals surface area contributed by atoms with E-state index in [2.05, 4.69) is 24.5 Å². The van der Waals surface area contributed by atoms with Crippen molar-refractivity contribution in [2.45, 2.75) is 32.4 Å². The Hall–Kier alpha value is -0.610. The van der Waals surface area contributed by atoms with Gasteiger partial charge in [0.05, 0.1) is 12.6 Å². The Labute approximate surface area is 90.8 Å². The molecule has 1 saturated carbocycles. The van der Waals surface area contributed by atoms with Gasteiger partial charge in [-0.1, -0.05) is 13.8 Å². The predicted octanol–water partition coefficient (Wildman–Crippen LogP) is 0.135. The largest absolute Gasteiger partial charge is 0.377 e. The van der Waals surface area contributed by atoms with Crippen molar-refractivity contribution in [2.75, 3.05) is 20.2 Å². The second kappa shape index (κ2) is 3.76. The summed E-state index contributed by atoms with van der Waals surface area (Å²) in [6.07, 6.45) is 1.43. The molecule has 4 heteroatoms. The highest BCUT2D eigenvalue weighted by atomic mass is 16.5. The molecular formula is C11H20N2O2. The van der Waals surface area contributed by atoms with Gasteiger partial charge in [-0.15, -0.1) is 0 Å². The van der Waals surface area contributed by atoms with Gasteiger partial charge in [-0.25, -0.2) is 0 Å². The molecule has 15 heavy (non-hydrogen) atoms. The maximum atomic E-state index is 11.5. The van der Waals surface area contributed by atoms with Gasteiger partial charge in [0.25, 0.3) is 0 Å². The maximum absolute atomic E-state index is 11.5. The third-order valence-corrected chi connectivity index (χ3v) is 3.75. The molecule has 0 radical (unpaired) electrons. The number of hydrogen-bond acceptors (Lipinski definition) is 3. The van der Waals surface area contributed by atoms with E-state index in [1.165, 1.54) is 0 Å². The van der Waals surface area contributed by atoms with Crippen LogP contribution in [0.5, 0.6) is 0 Å². The van der Waals surface area contributed by atoms with Crippen molar-refractivity contribution in [3.8, 4) is 0 Å². The highest BCUT2D eigenvalue weighted by molar-refractivity contribution is 5.78. The van der Waals surface area contributed by atoms with Gasteiger partial charge in [0.2, 0.25) is 5.91 Å². The van der Waals surface area contributed by atoms with Crippen LogP contribution >= 0.6 is 0 Å². The molecule has 0 bridgehead atoms. The molecule has 0 aromatic carbocycles. The number of nitrogens with one attached hydrogen (secondary N) is 2. The highest BCUT2D eigenvalue weighted by Crippen LogP contribution is 2.51. The van der Waals surface area contributed by atoms with Gasteiger partial charge in [0, 0.05) is 24.0 Å². The van der Waals surface area contributed by atoms with E-state index >= 15 is 0 Å². The molecule has 2 aliphatic rings. The molecule has 1 heterocycles. The Kier molecular flexibility index (Phi) is 2.73. The maximum Gasteiger partial charge on any atom is 0.234 e. The number of amides is 1. The molecule has 4 nitrogen and oxygen atoms in total. The Morgan fingerprint density at radius 1 is 1.53 bits per heavy atom. The van der Waals surface area contributed by atoms with Gasteiger partial charge in [-0.2, -0.15) is 0 Å². The lowest BCUT2D eigenvalue weighted by Gasteiger charge is -2.54. The van der Waals surface area contributed by atoms with Crippen LogP contribution in [0.25, 0.3) is 0 Å². The minimum Gasteiger partial charge on any atom is -0.377 e. The first-order chi connectivity index (χ1) is 7.07. The minimum atomic E-state index is 0.0842. The van der Waals surface area contributed by atoms with Crippen molar-refractivity contribution in [1.29, 1.82) is 0 Å². The van der Waals surface area contributed by atoms with Crippen LogP contribution in [-0.4, -0.2) is 38.3 Å². The number of carbonyl (C=O) groups is 1. The van der Waals surface area contributed by atoms with E-state index < -0.39 is 0 Å². The van der Waals surface area contributed by atoms with Crippen molar-refractivity contribution in [2.24, 2.45) is 11.3 Å². The lowest BCUT2D eigenvalue weighted by Crippen LogP contribution is -2.67. The molecule has 3 atom stereocenters. The molecule has 0 spiro atoms. The number of carbonyl (C=O) groups excluding carboxylic acids is 1. The number of ether oxygens (including phenoxy) is 1. The van der Waals surface area contributed by atoms with Gasteiger partial charge in [0.15, 0.2) is 0 Å². The van der Waals surface area contributed by atoms with Crippen molar-refractivity contribution >= 4 is 5.91 Å². The molecule has 1 amide bonds. The van der Waals surface area contributed by atoms with E-state index in [1.807, 2.05) is 0 Å². The quantitative estimate of drug-likeness (QED) is 0.699. The molecule has 0 aromatic rings. The second-order valence-electron chi connectivity index (χ2n) is 5.14. The Balaban J connectivity index is 1.95. The first kappa shape index (κ1) is 10.9. The van der Waals surface area contributed by atoms with Gasteiger partial charge >= 0.3 is 0 Å². The van der Waals surface area contributed by atoms with E-state index in [9.17, 15) is 4.79 Å². The summed E-state index contributed by atoms with van der Waals surface area (Å²) in [4.78, 5) is 11.5. The van der Waals surface area contributed by atoms with E-state index in [0.29, 0.717) is 18.6 Å². The van der Waals surface area contributed by atoms with Crippen molar-refractivity contribution < 1.29 is 9.53 Å². The lowest BCUT2D eigenvalue weighted by molar-refractivity contribution is -0.137. The molecule has 2 rings (SSSR count). The van der Waals surface area contributed by atoms with Crippen LogP contribution in [0.1, 0.15) is 20.3 Å². The van der Waals surface area contributed by atoms with Crippen LogP contribution < -0.4 is 10.6 Å². The molecule has 2 N–H and O–H groups in total. The summed E-state index contributed by atoms with van der Waals surface area (Å²) in [6.45, 7) is 5.58. The fraction of sp³-hybridized carbons (Fsp3) is 0.909. The third kappa shape index (κ3) is 1.66. The van der Waals surface area contributed by atoms with Gasteiger partial charge in [-0.05, 0) is 13.5 Å². The topological polar surface area (TPSA) is 50.4 Å². The standard InChI is InChI=1S/C11H20N2O2/c1-11(2)9(13-8(14)6-12-3)7-4-5-15-10(7)11/h7,9-10,12H,4-6H2,1-3H3,(H,13,14). The zero-order valence-electron chi connectivity index (χ0n) is 9.67.